The van der Waals surface area contributed by atoms with E-state index in [0.29, 0.717) is 24.5 Å². The number of rotatable bonds is 3. The van der Waals surface area contributed by atoms with Crippen LogP contribution in [0.3, 0.4) is 0 Å². The van der Waals surface area contributed by atoms with Gasteiger partial charge in [-0.25, -0.2) is 12.7 Å². The molecule has 0 unspecified atom stereocenters. The molecular weight excluding hydrogens is 310 g/mol. The molecule has 0 aromatic rings. The Kier molecular flexibility index (Phi) is 4.82. The third kappa shape index (κ3) is 4.09. The van der Waals surface area contributed by atoms with Gasteiger partial charge in [-0.3, -0.25) is 4.90 Å². The van der Waals surface area contributed by atoms with Gasteiger partial charge in [-0.05, 0) is 51.4 Å². The highest BCUT2D eigenvalue weighted by atomic mass is 32.2. The monoisotopic (exact) mass is 343 g/mol. The summed E-state index contributed by atoms with van der Waals surface area (Å²) in [6.07, 6.45) is 3.37. The van der Waals surface area contributed by atoms with E-state index in [2.05, 4.69) is 30.6 Å². The zero-order valence-corrected chi connectivity index (χ0v) is 16.0. The van der Waals surface area contributed by atoms with E-state index in [4.69, 9.17) is 0 Å². The Morgan fingerprint density at radius 3 is 1.91 bits per heavy atom. The van der Waals surface area contributed by atoms with Crippen molar-refractivity contribution in [1.29, 1.82) is 0 Å². The van der Waals surface area contributed by atoms with Crippen LogP contribution >= 0.6 is 0 Å². The number of fused-ring (bicyclic) bond motifs is 1. The molecule has 2 atom stereocenters. The summed E-state index contributed by atoms with van der Waals surface area (Å²) in [7, 11) is -2.99. The smallest absolute Gasteiger partial charge is 0.211 e. The molecular formula is C17H33N3O2S. The molecule has 6 heteroatoms. The highest BCUT2D eigenvalue weighted by molar-refractivity contribution is 7.88. The van der Waals surface area contributed by atoms with E-state index < -0.39 is 10.0 Å². The average Bonchev–Trinajstić information content (AvgIpc) is 2.95. The lowest BCUT2D eigenvalue weighted by Gasteiger charge is -2.35. The van der Waals surface area contributed by atoms with Gasteiger partial charge in [-0.2, -0.15) is 0 Å². The quantitative estimate of drug-likeness (QED) is 0.775. The van der Waals surface area contributed by atoms with Crippen molar-refractivity contribution in [2.45, 2.75) is 39.2 Å². The molecule has 0 saturated carbocycles. The molecule has 0 spiro atoms. The predicted molar refractivity (Wildman–Crippen MR) is 93.9 cm³/mol. The zero-order valence-electron chi connectivity index (χ0n) is 15.2. The first kappa shape index (κ1) is 17.6. The summed E-state index contributed by atoms with van der Waals surface area (Å²) in [5, 5.41) is 0. The molecule has 0 amide bonds. The minimum Gasteiger partial charge on any atom is -0.302 e. The summed E-state index contributed by atoms with van der Waals surface area (Å²) in [6, 6.07) is 0. The Balaban J connectivity index is 1.45. The maximum absolute atomic E-state index is 11.6. The van der Waals surface area contributed by atoms with Crippen LogP contribution in [-0.4, -0.2) is 80.1 Å². The summed E-state index contributed by atoms with van der Waals surface area (Å²) in [5.41, 5.74) is 0.299. The maximum atomic E-state index is 11.6. The average molecular weight is 344 g/mol. The zero-order chi connectivity index (χ0) is 16.8. The van der Waals surface area contributed by atoms with Gasteiger partial charge in [0.2, 0.25) is 10.0 Å². The van der Waals surface area contributed by atoms with Gasteiger partial charge in [0.15, 0.2) is 0 Å². The van der Waals surface area contributed by atoms with Crippen molar-refractivity contribution in [3.63, 3.8) is 0 Å². The molecule has 3 fully saturated rings. The van der Waals surface area contributed by atoms with Crippen molar-refractivity contribution in [2.24, 2.45) is 17.8 Å². The van der Waals surface area contributed by atoms with Crippen LogP contribution in [0.5, 0.6) is 0 Å². The van der Waals surface area contributed by atoms with Crippen LogP contribution in [0.4, 0.5) is 0 Å². The number of hydrogen-bond donors (Lipinski definition) is 0. The molecule has 0 N–H and O–H groups in total. The molecule has 0 aromatic carbocycles. The Bertz CT molecular complexity index is 506. The summed E-state index contributed by atoms with van der Waals surface area (Å²) < 4.78 is 24.8. The number of likely N-dealkylation sites (tertiary alicyclic amines) is 2. The molecule has 0 aromatic heterocycles. The van der Waals surface area contributed by atoms with E-state index in [1.54, 1.807) is 4.31 Å². The van der Waals surface area contributed by atoms with Gasteiger partial charge < -0.3 is 4.90 Å². The van der Waals surface area contributed by atoms with E-state index in [1.165, 1.54) is 39.0 Å². The number of hydrogen-bond acceptors (Lipinski definition) is 4. The Labute approximate surface area is 142 Å². The first-order chi connectivity index (χ1) is 10.6. The fraction of sp³-hybridized carbons (Fsp3) is 1.00. The van der Waals surface area contributed by atoms with Gasteiger partial charge in [0.1, 0.15) is 0 Å². The lowest BCUT2D eigenvalue weighted by molar-refractivity contribution is 0.140. The predicted octanol–water partition coefficient (Wildman–Crippen LogP) is 1.32. The van der Waals surface area contributed by atoms with Crippen LogP contribution < -0.4 is 0 Å². The minimum absolute atomic E-state index is 0.299. The Morgan fingerprint density at radius 2 is 1.48 bits per heavy atom. The Morgan fingerprint density at radius 1 is 0.957 bits per heavy atom. The van der Waals surface area contributed by atoms with Crippen molar-refractivity contribution in [1.82, 2.24) is 14.1 Å². The van der Waals surface area contributed by atoms with E-state index >= 15 is 0 Å². The molecule has 3 heterocycles. The molecule has 0 bridgehead atoms. The first-order valence-electron chi connectivity index (χ1n) is 9.05. The molecule has 134 valence electrons. The second-order valence-corrected chi connectivity index (χ2v) is 10.9. The van der Waals surface area contributed by atoms with Gasteiger partial charge in [0, 0.05) is 51.4 Å². The second kappa shape index (κ2) is 6.28. The first-order valence-corrected chi connectivity index (χ1v) is 10.9. The van der Waals surface area contributed by atoms with Crippen molar-refractivity contribution in [3.8, 4) is 0 Å². The lowest BCUT2D eigenvalue weighted by Crippen LogP contribution is -2.43. The molecule has 3 aliphatic heterocycles. The van der Waals surface area contributed by atoms with E-state index in [0.717, 1.165) is 24.7 Å². The third-order valence-electron chi connectivity index (χ3n) is 6.07. The summed E-state index contributed by atoms with van der Waals surface area (Å²) in [5.74, 6) is 2.35. The summed E-state index contributed by atoms with van der Waals surface area (Å²) in [6.45, 7) is 14.5. The molecule has 0 aliphatic carbocycles. The molecule has 23 heavy (non-hydrogen) atoms. The molecule has 5 nitrogen and oxygen atoms in total. The van der Waals surface area contributed by atoms with Gasteiger partial charge in [-0.1, -0.05) is 0 Å². The van der Waals surface area contributed by atoms with E-state index in [9.17, 15) is 8.42 Å². The third-order valence-corrected chi connectivity index (χ3v) is 7.37. The molecule has 3 aliphatic rings. The normalized spacial score (nSPS) is 32.5. The fourth-order valence-corrected chi connectivity index (χ4v) is 5.45. The second-order valence-electron chi connectivity index (χ2n) is 8.92. The fourth-order valence-electron chi connectivity index (χ4n) is 4.58. The van der Waals surface area contributed by atoms with Crippen molar-refractivity contribution in [3.05, 3.63) is 0 Å². The molecule has 3 saturated heterocycles. The summed E-state index contributed by atoms with van der Waals surface area (Å²) >= 11 is 0. The topological polar surface area (TPSA) is 43.9 Å². The van der Waals surface area contributed by atoms with E-state index in [-0.39, 0.29) is 0 Å². The maximum Gasteiger partial charge on any atom is 0.211 e. The van der Waals surface area contributed by atoms with Crippen molar-refractivity contribution >= 4 is 10.0 Å². The minimum atomic E-state index is -2.99. The lowest BCUT2D eigenvalue weighted by atomic mass is 9.97. The van der Waals surface area contributed by atoms with Crippen LogP contribution in [0, 0.1) is 17.8 Å². The number of nitrogens with zero attached hydrogens (tertiary/aromatic N) is 3. The van der Waals surface area contributed by atoms with Crippen molar-refractivity contribution in [2.75, 3.05) is 52.1 Å². The van der Waals surface area contributed by atoms with Crippen LogP contribution in [0.2, 0.25) is 0 Å². The standard InChI is InChI=1S/C17H33N3O2S/c1-17(2,3)19-12-15-10-18(11-16(15)13-19)9-14-5-7-20(8-6-14)23(4,21)22/h14-16H,5-13H2,1-4H3/t15-,16+. The van der Waals surface area contributed by atoms with Crippen LogP contribution in [0.25, 0.3) is 0 Å². The SMILES string of the molecule is CC(C)(C)N1C[C@H]2CN(CC3CCN(S(C)(=O)=O)CC3)C[C@H]2C1. The highest BCUT2D eigenvalue weighted by Crippen LogP contribution is 2.35. The molecule has 3 rings (SSSR count). The number of piperidine rings is 1. The number of sulfonamides is 1. The van der Waals surface area contributed by atoms with Crippen LogP contribution in [0.1, 0.15) is 33.6 Å². The van der Waals surface area contributed by atoms with Crippen molar-refractivity contribution < 1.29 is 8.42 Å². The Hall–Kier alpha value is -0.170. The highest BCUT2D eigenvalue weighted by Gasteiger charge is 2.43. The summed E-state index contributed by atoms with van der Waals surface area (Å²) in [4.78, 5) is 5.29. The van der Waals surface area contributed by atoms with Gasteiger partial charge >= 0.3 is 0 Å². The van der Waals surface area contributed by atoms with E-state index in [1.807, 2.05) is 0 Å². The molecule has 0 radical (unpaired) electrons. The van der Waals surface area contributed by atoms with Crippen LogP contribution in [-0.2, 0) is 10.0 Å². The van der Waals surface area contributed by atoms with Crippen LogP contribution in [0.15, 0.2) is 0 Å². The largest absolute Gasteiger partial charge is 0.302 e. The van der Waals surface area contributed by atoms with Gasteiger partial charge in [0.25, 0.3) is 0 Å². The van der Waals surface area contributed by atoms with Gasteiger partial charge in [-0.15, -0.1) is 0 Å². The van der Waals surface area contributed by atoms with Gasteiger partial charge in [0.05, 0.1) is 6.26 Å².